The van der Waals surface area contributed by atoms with Gasteiger partial charge in [0.1, 0.15) is 5.30 Å². The minimum absolute atomic E-state index is 0. The Bertz CT molecular complexity index is 2050. The molecule has 2 aromatic heterocycles. The molecular weight excluding hydrogens is 586 g/mol. The molecule has 0 amide bonds. The predicted molar refractivity (Wildman–Crippen MR) is 177 cm³/mol. The summed E-state index contributed by atoms with van der Waals surface area (Å²) in [5.74, 6) is 0. The third-order valence-electron chi connectivity index (χ3n) is 8.04. The van der Waals surface area contributed by atoms with Gasteiger partial charge >= 0.3 is 0 Å². The van der Waals surface area contributed by atoms with Crippen LogP contribution in [0.5, 0.6) is 0 Å². The molecule has 1 aliphatic heterocycles. The normalized spacial score (nSPS) is 15.2. The summed E-state index contributed by atoms with van der Waals surface area (Å²) in [4.78, 5) is 10.7. The number of fused-ring (bicyclic) bond motifs is 5. The van der Waals surface area contributed by atoms with Crippen molar-refractivity contribution >= 4 is 70.3 Å². The molecule has 0 spiro atoms. The summed E-state index contributed by atoms with van der Waals surface area (Å²) >= 11 is 0. The second-order valence-electron chi connectivity index (χ2n) is 10.4. The van der Waals surface area contributed by atoms with Crippen LogP contribution in [-0.4, -0.2) is 16.1 Å². The van der Waals surface area contributed by atoms with Crippen LogP contribution in [0.4, 0.5) is 0 Å². The zero-order valence-corrected chi connectivity index (χ0v) is 25.2. The van der Waals surface area contributed by atoms with E-state index in [9.17, 15) is 0 Å². The monoisotopic (exact) mass is 612 g/mol. The molecule has 7 aromatic rings. The van der Waals surface area contributed by atoms with Crippen LogP contribution in [0.1, 0.15) is 5.69 Å². The maximum Gasteiger partial charge on any atom is 0.104 e. The van der Waals surface area contributed by atoms with Crippen molar-refractivity contribution in [3.63, 3.8) is 0 Å². The fraction of sp³-hybridized carbons (Fsp3) is 0.0556. The fourth-order valence-corrected chi connectivity index (χ4v) is 10.6. The number of benzene rings is 5. The van der Waals surface area contributed by atoms with Gasteiger partial charge in [0.2, 0.25) is 0 Å². The number of pyridine rings is 2. The van der Waals surface area contributed by atoms with Gasteiger partial charge < -0.3 is 0 Å². The summed E-state index contributed by atoms with van der Waals surface area (Å²) in [5.41, 5.74) is 5.49. The van der Waals surface area contributed by atoms with Crippen LogP contribution in [-0.2, 0) is 23.5 Å². The fourth-order valence-electron chi connectivity index (χ4n) is 6.05. The summed E-state index contributed by atoms with van der Waals surface area (Å²) in [6.45, 7) is 0. The molecule has 4 bridgehead atoms. The SMILES string of the molecule is [Cu].c1ccc([PH+]2CCc3ccc4ccc5ccc6ccc(nc6c5c4n3)-c3ccccc3Pc3ccccc32)cc1. The number of aryl methyl sites for hydroxylation is 1. The van der Waals surface area contributed by atoms with E-state index >= 15 is 0 Å². The van der Waals surface area contributed by atoms with Crippen molar-refractivity contribution in [1.82, 2.24) is 9.97 Å². The van der Waals surface area contributed by atoms with E-state index in [4.69, 9.17) is 9.97 Å². The van der Waals surface area contributed by atoms with Gasteiger partial charge in [0.05, 0.1) is 36.1 Å². The van der Waals surface area contributed by atoms with Gasteiger partial charge in [-0.3, -0.25) is 4.98 Å². The third kappa shape index (κ3) is 4.78. The minimum Gasteiger partial charge on any atom is -0.252 e. The van der Waals surface area contributed by atoms with Crippen molar-refractivity contribution in [2.45, 2.75) is 6.42 Å². The number of aromatic nitrogens is 2. The molecule has 201 valence electrons. The molecule has 8 rings (SSSR count). The van der Waals surface area contributed by atoms with Crippen molar-refractivity contribution in [2.75, 3.05) is 6.16 Å². The van der Waals surface area contributed by atoms with Gasteiger partial charge in [0.15, 0.2) is 0 Å². The summed E-state index contributed by atoms with van der Waals surface area (Å²) in [7, 11) is -0.473. The Kier molecular flexibility index (Phi) is 7.16. The van der Waals surface area contributed by atoms with Crippen LogP contribution in [0.3, 0.4) is 0 Å². The van der Waals surface area contributed by atoms with Gasteiger partial charge in [-0.05, 0) is 41.0 Å². The Morgan fingerprint density at radius 1 is 0.561 bits per heavy atom. The van der Waals surface area contributed by atoms with E-state index in [-0.39, 0.29) is 17.1 Å². The Labute approximate surface area is 253 Å². The topological polar surface area (TPSA) is 25.8 Å². The van der Waals surface area contributed by atoms with E-state index in [1.165, 1.54) is 37.6 Å². The summed E-state index contributed by atoms with van der Waals surface area (Å²) < 4.78 is 0. The maximum absolute atomic E-state index is 5.35. The molecule has 3 heterocycles. The average molecular weight is 613 g/mol. The van der Waals surface area contributed by atoms with E-state index in [0.29, 0.717) is 8.58 Å². The van der Waals surface area contributed by atoms with E-state index < -0.39 is 7.92 Å². The zero-order valence-electron chi connectivity index (χ0n) is 22.2. The Morgan fingerprint density at radius 3 is 2.02 bits per heavy atom. The van der Waals surface area contributed by atoms with Crippen molar-refractivity contribution in [2.24, 2.45) is 0 Å². The summed E-state index contributed by atoms with van der Waals surface area (Å²) in [6, 6.07) is 46.8. The number of hydrogen-bond acceptors (Lipinski definition) is 2. The molecule has 0 saturated carbocycles. The zero-order chi connectivity index (χ0) is 26.5. The Balaban J connectivity index is 0.00000276. The molecule has 0 saturated heterocycles. The largest absolute Gasteiger partial charge is 0.252 e. The first-order valence-corrected chi connectivity index (χ1v) is 16.5. The van der Waals surface area contributed by atoms with Crippen molar-refractivity contribution < 1.29 is 17.1 Å². The molecule has 0 fully saturated rings. The van der Waals surface area contributed by atoms with Gasteiger partial charge in [0.25, 0.3) is 0 Å². The van der Waals surface area contributed by atoms with Crippen LogP contribution >= 0.6 is 16.5 Å². The first-order valence-electron chi connectivity index (χ1n) is 13.8. The third-order valence-corrected chi connectivity index (χ3v) is 12.6. The van der Waals surface area contributed by atoms with Gasteiger partial charge in [0, 0.05) is 56.2 Å². The molecular formula is C36H27CuN2P2+. The number of nitrogens with zero attached hydrogens (tertiary/aromatic N) is 2. The van der Waals surface area contributed by atoms with Crippen molar-refractivity contribution in [3.05, 3.63) is 133 Å². The number of hydrogen-bond donors (Lipinski definition) is 0. The summed E-state index contributed by atoms with van der Waals surface area (Å²) in [5, 5.41) is 10.4. The van der Waals surface area contributed by atoms with Crippen LogP contribution in [0.15, 0.2) is 127 Å². The minimum atomic E-state index is -1.03. The van der Waals surface area contributed by atoms with Gasteiger partial charge in [-0.2, -0.15) is 0 Å². The van der Waals surface area contributed by atoms with Gasteiger partial charge in [-0.25, -0.2) is 4.98 Å². The molecule has 2 nitrogen and oxygen atoms in total. The molecule has 2 atom stereocenters. The Morgan fingerprint density at radius 2 is 1.20 bits per heavy atom. The second kappa shape index (κ2) is 11.1. The molecule has 1 aliphatic rings. The average Bonchev–Trinajstić information content (AvgIpc) is 3.02. The van der Waals surface area contributed by atoms with Crippen LogP contribution in [0, 0.1) is 0 Å². The first-order chi connectivity index (χ1) is 19.8. The summed E-state index contributed by atoms with van der Waals surface area (Å²) in [6.07, 6.45) is 2.05. The quantitative estimate of drug-likeness (QED) is 0.114. The van der Waals surface area contributed by atoms with Gasteiger partial charge in [-0.1, -0.05) is 106 Å². The van der Waals surface area contributed by atoms with Crippen LogP contribution < -0.4 is 21.2 Å². The van der Waals surface area contributed by atoms with Gasteiger partial charge in [-0.15, -0.1) is 0 Å². The Hall–Kier alpha value is -3.44. The molecule has 2 unspecified atom stereocenters. The maximum atomic E-state index is 5.35. The van der Waals surface area contributed by atoms with E-state index in [1.54, 1.807) is 0 Å². The first kappa shape index (κ1) is 26.5. The molecule has 41 heavy (non-hydrogen) atoms. The number of rotatable bonds is 1. The van der Waals surface area contributed by atoms with E-state index in [1.807, 2.05) is 0 Å². The second-order valence-corrected chi connectivity index (χ2v) is 14.3. The molecule has 0 N–H and O–H groups in total. The predicted octanol–water partition coefficient (Wildman–Crippen LogP) is 6.95. The van der Waals surface area contributed by atoms with E-state index in [0.717, 1.165) is 45.8 Å². The molecule has 5 heteroatoms. The van der Waals surface area contributed by atoms with Crippen LogP contribution in [0.25, 0.3) is 43.8 Å². The van der Waals surface area contributed by atoms with Crippen molar-refractivity contribution in [1.29, 1.82) is 0 Å². The molecule has 1 radical (unpaired) electrons. The standard InChI is InChI=1S/C36H26N2P2.Cu/c1-2-8-28(9-3-1)40-23-22-27-20-18-25-16-14-24-15-17-26-19-21-30(38-36(26)34(24)35(25)37-27)29-10-4-5-11-31(29)39-32-12-6-7-13-33(32)40;/h1-21,39H,22-23H2;/p+1. The van der Waals surface area contributed by atoms with Crippen LogP contribution in [0.2, 0.25) is 0 Å². The molecule has 5 aromatic carbocycles. The van der Waals surface area contributed by atoms with E-state index in [2.05, 4.69) is 127 Å². The smallest absolute Gasteiger partial charge is 0.104 e. The van der Waals surface area contributed by atoms with Crippen molar-refractivity contribution in [3.8, 4) is 11.3 Å². The molecule has 0 aliphatic carbocycles.